The van der Waals surface area contributed by atoms with Crippen LogP contribution in [0, 0.1) is 0 Å². The van der Waals surface area contributed by atoms with Gasteiger partial charge in [0.25, 0.3) is 0 Å². The third-order valence-corrected chi connectivity index (χ3v) is 7.77. The van der Waals surface area contributed by atoms with Crippen molar-refractivity contribution in [3.05, 3.63) is 24.3 Å². The second kappa shape index (κ2) is 9.14. The Morgan fingerprint density at radius 3 is 2.63 bits per heavy atom. The fourth-order valence-corrected chi connectivity index (χ4v) is 5.43. The highest BCUT2D eigenvalue weighted by molar-refractivity contribution is 7.99. The van der Waals surface area contributed by atoms with Crippen LogP contribution < -0.4 is 5.84 Å². The summed E-state index contributed by atoms with van der Waals surface area (Å²) in [5.41, 5.74) is 0.492. The van der Waals surface area contributed by atoms with Crippen LogP contribution in [0.5, 0.6) is 0 Å². The minimum absolute atomic E-state index is 0.0114. The maximum absolute atomic E-state index is 12.8. The number of nitrogens with zero attached hydrogens (tertiary/aromatic N) is 5. The van der Waals surface area contributed by atoms with Crippen LogP contribution in [0.4, 0.5) is 0 Å². The van der Waals surface area contributed by atoms with Gasteiger partial charge in [-0.25, -0.2) is 13.1 Å². The van der Waals surface area contributed by atoms with Gasteiger partial charge in [-0.15, -0.1) is 10.2 Å². The minimum atomic E-state index is -3.63. The second-order valence-corrected chi connectivity index (χ2v) is 9.51. The summed E-state index contributed by atoms with van der Waals surface area (Å²) in [7, 11) is -3.63. The minimum Gasteiger partial charge on any atom is -0.335 e. The molecule has 0 radical (unpaired) electrons. The zero-order valence-corrected chi connectivity index (χ0v) is 18.4. The molecule has 2 heterocycles. The molecule has 1 aromatic heterocycles. The molecule has 1 aliphatic heterocycles. The number of carbonyl (C=O) groups excluding carboxylic acids is 2. The molecule has 1 saturated heterocycles. The fraction of sp³-hybridized carbons (Fsp3) is 0.444. The normalized spacial score (nSPS) is 14.6. The van der Waals surface area contributed by atoms with Crippen molar-refractivity contribution in [2.45, 2.75) is 36.7 Å². The van der Waals surface area contributed by atoms with Crippen LogP contribution >= 0.6 is 11.8 Å². The predicted octanol–water partition coefficient (Wildman–Crippen LogP) is 0.931. The number of likely N-dealkylation sites (tertiary alicyclic amines) is 1. The third-order valence-electron chi connectivity index (χ3n) is 4.80. The van der Waals surface area contributed by atoms with Crippen molar-refractivity contribution in [3.63, 3.8) is 0 Å². The molecule has 2 amide bonds. The number of thioether (sulfide) groups is 1. The zero-order valence-electron chi connectivity index (χ0n) is 16.8. The van der Waals surface area contributed by atoms with Crippen molar-refractivity contribution >= 4 is 33.6 Å². The average molecular weight is 453 g/mol. The van der Waals surface area contributed by atoms with Crippen LogP contribution in [-0.4, -0.2) is 69.7 Å². The van der Waals surface area contributed by atoms with Crippen LogP contribution in [0.3, 0.4) is 0 Å². The summed E-state index contributed by atoms with van der Waals surface area (Å²) in [4.78, 5) is 25.3. The van der Waals surface area contributed by atoms with Crippen LogP contribution in [0.25, 0.3) is 11.4 Å². The van der Waals surface area contributed by atoms with Gasteiger partial charge in [0.2, 0.25) is 27.0 Å². The maximum atomic E-state index is 12.8. The van der Waals surface area contributed by atoms with Crippen molar-refractivity contribution in [2.24, 2.45) is 0 Å². The van der Waals surface area contributed by atoms with Gasteiger partial charge in [0, 0.05) is 31.6 Å². The van der Waals surface area contributed by atoms with Crippen molar-refractivity contribution < 1.29 is 18.0 Å². The number of imide groups is 1. The number of nitrogen functional groups attached to an aromatic ring is 1. The lowest BCUT2D eigenvalue weighted by atomic mass is 10.2. The van der Waals surface area contributed by atoms with E-state index in [4.69, 9.17) is 5.84 Å². The van der Waals surface area contributed by atoms with E-state index < -0.39 is 10.0 Å². The van der Waals surface area contributed by atoms with Gasteiger partial charge < -0.3 is 5.84 Å². The van der Waals surface area contributed by atoms with E-state index in [-0.39, 0.29) is 28.3 Å². The SMILES string of the molecule is CCN(CC)S(=O)(=O)c1cccc(-c2nnc(SCC(=O)N3CCCC3=O)n2N)c1. The zero-order chi connectivity index (χ0) is 21.9. The Balaban J connectivity index is 1.79. The molecule has 30 heavy (non-hydrogen) atoms. The number of nitrogens with two attached hydrogens (primary N) is 1. The first kappa shape index (κ1) is 22.2. The van der Waals surface area contributed by atoms with E-state index in [0.29, 0.717) is 43.2 Å². The average Bonchev–Trinajstić information content (AvgIpc) is 3.32. The number of hydrogen-bond donors (Lipinski definition) is 1. The molecule has 0 bridgehead atoms. The molecular formula is C18H24N6O4S2. The standard InChI is InChI=1S/C18H24N6O4S2/c1-3-22(4-2)30(27,28)14-8-5-7-13(11-14)17-20-21-18(24(17)19)29-12-16(26)23-10-6-9-15(23)25/h5,7-8,11H,3-4,6,9-10,12,19H2,1-2H3. The molecule has 2 aromatic rings. The van der Waals surface area contributed by atoms with Gasteiger partial charge in [0.05, 0.1) is 10.6 Å². The molecule has 0 aliphatic carbocycles. The first-order valence-corrected chi connectivity index (χ1v) is 12.0. The van der Waals surface area contributed by atoms with Gasteiger partial charge in [0.1, 0.15) is 0 Å². The fourth-order valence-electron chi connectivity index (χ4n) is 3.20. The summed E-state index contributed by atoms with van der Waals surface area (Å²) in [6.07, 6.45) is 1.07. The molecule has 1 aromatic carbocycles. The molecular weight excluding hydrogens is 428 g/mol. The molecule has 12 heteroatoms. The van der Waals surface area contributed by atoms with Gasteiger partial charge in [-0.2, -0.15) is 4.31 Å². The third kappa shape index (κ3) is 4.35. The monoisotopic (exact) mass is 452 g/mol. The molecule has 0 saturated carbocycles. The van der Waals surface area contributed by atoms with Crippen molar-refractivity contribution in [1.29, 1.82) is 0 Å². The first-order valence-electron chi connectivity index (χ1n) is 9.56. The van der Waals surface area contributed by atoms with Gasteiger partial charge in [-0.05, 0) is 18.6 Å². The lowest BCUT2D eigenvalue weighted by Crippen LogP contribution is -2.33. The predicted molar refractivity (Wildman–Crippen MR) is 112 cm³/mol. The number of aromatic nitrogens is 3. The molecule has 1 aliphatic rings. The Labute approximate surface area is 179 Å². The highest BCUT2D eigenvalue weighted by Gasteiger charge is 2.27. The lowest BCUT2D eigenvalue weighted by Gasteiger charge is -2.18. The van der Waals surface area contributed by atoms with Gasteiger partial charge >= 0.3 is 0 Å². The van der Waals surface area contributed by atoms with Gasteiger partial charge in [-0.3, -0.25) is 14.5 Å². The first-order chi connectivity index (χ1) is 14.3. The highest BCUT2D eigenvalue weighted by Crippen LogP contribution is 2.25. The Morgan fingerprint density at radius 2 is 2.00 bits per heavy atom. The maximum Gasteiger partial charge on any atom is 0.243 e. The quantitative estimate of drug-likeness (QED) is 0.462. The molecule has 2 N–H and O–H groups in total. The number of amides is 2. The number of benzene rings is 1. The lowest BCUT2D eigenvalue weighted by molar-refractivity contribution is -0.140. The number of sulfonamides is 1. The van der Waals surface area contributed by atoms with Gasteiger partial charge in [0.15, 0.2) is 5.82 Å². The number of rotatable bonds is 8. The summed E-state index contributed by atoms with van der Waals surface area (Å²) in [6.45, 7) is 4.73. The van der Waals surface area contributed by atoms with E-state index in [9.17, 15) is 18.0 Å². The van der Waals surface area contributed by atoms with Gasteiger partial charge in [-0.1, -0.05) is 37.7 Å². The second-order valence-electron chi connectivity index (χ2n) is 6.62. The molecule has 3 rings (SSSR count). The summed E-state index contributed by atoms with van der Waals surface area (Å²) >= 11 is 1.08. The Hall–Kier alpha value is -2.44. The van der Waals surface area contributed by atoms with Crippen molar-refractivity contribution in [3.8, 4) is 11.4 Å². The summed E-state index contributed by atoms with van der Waals surface area (Å²) in [5.74, 6) is 5.92. The summed E-state index contributed by atoms with van der Waals surface area (Å²) < 4.78 is 28.1. The van der Waals surface area contributed by atoms with E-state index >= 15 is 0 Å². The molecule has 0 spiro atoms. The number of hydrogen-bond acceptors (Lipinski definition) is 8. The highest BCUT2D eigenvalue weighted by atomic mass is 32.2. The van der Waals surface area contributed by atoms with Crippen LogP contribution in [0.2, 0.25) is 0 Å². The molecule has 162 valence electrons. The van der Waals surface area contributed by atoms with E-state index in [0.717, 1.165) is 11.8 Å². The van der Waals surface area contributed by atoms with E-state index in [1.165, 1.54) is 26.0 Å². The van der Waals surface area contributed by atoms with E-state index in [2.05, 4.69) is 10.2 Å². The van der Waals surface area contributed by atoms with Crippen molar-refractivity contribution in [1.82, 2.24) is 24.1 Å². The molecule has 0 atom stereocenters. The smallest absolute Gasteiger partial charge is 0.243 e. The Bertz CT molecular complexity index is 1050. The van der Waals surface area contributed by atoms with E-state index in [1.54, 1.807) is 26.0 Å². The van der Waals surface area contributed by atoms with Crippen molar-refractivity contribution in [2.75, 3.05) is 31.2 Å². The largest absolute Gasteiger partial charge is 0.335 e. The molecule has 10 nitrogen and oxygen atoms in total. The Morgan fingerprint density at radius 1 is 1.27 bits per heavy atom. The van der Waals surface area contributed by atoms with Crippen LogP contribution in [-0.2, 0) is 19.6 Å². The number of carbonyl (C=O) groups is 2. The molecule has 1 fully saturated rings. The summed E-state index contributed by atoms with van der Waals surface area (Å²) in [5, 5.41) is 8.35. The van der Waals surface area contributed by atoms with Crippen LogP contribution in [0.15, 0.2) is 34.3 Å². The Kier molecular flexibility index (Phi) is 6.78. The van der Waals surface area contributed by atoms with Crippen LogP contribution in [0.1, 0.15) is 26.7 Å². The van der Waals surface area contributed by atoms with E-state index in [1.807, 2.05) is 0 Å². The topological polar surface area (TPSA) is 131 Å². The summed E-state index contributed by atoms with van der Waals surface area (Å²) in [6, 6.07) is 6.34. The molecule has 0 unspecified atom stereocenters.